The van der Waals surface area contributed by atoms with Crippen molar-refractivity contribution in [1.29, 1.82) is 0 Å². The number of carbonyl (C=O) groups is 3. The lowest BCUT2D eigenvalue weighted by molar-refractivity contribution is -0.123. The van der Waals surface area contributed by atoms with Crippen LogP contribution in [0.5, 0.6) is 17.2 Å². The summed E-state index contributed by atoms with van der Waals surface area (Å²) in [7, 11) is 0. The zero-order valence-electron chi connectivity index (χ0n) is 53.4. The number of benzene rings is 6. The minimum atomic E-state index is -0.515. The summed E-state index contributed by atoms with van der Waals surface area (Å²) < 4.78 is 33.8. The summed E-state index contributed by atoms with van der Waals surface area (Å²) in [5.41, 5.74) is 6.39. The fourth-order valence-electron chi connectivity index (χ4n) is 9.00. The summed E-state index contributed by atoms with van der Waals surface area (Å²) >= 11 is 0. The number of phenols is 3. The Morgan fingerprint density at radius 1 is 0.322 bits per heavy atom. The van der Waals surface area contributed by atoms with Crippen LogP contribution in [-0.2, 0) is 81.3 Å². The summed E-state index contributed by atoms with van der Waals surface area (Å²) in [6.45, 7) is 13.6. The van der Waals surface area contributed by atoms with Crippen LogP contribution in [0.4, 0.5) is 0 Å². The number of phenolic OH excluding ortho intramolecular Hbond substituents is 3. The fraction of sp³-hybridized carbons (Fsp3) is 0.458. The Balaban J connectivity index is 0.000000288. The number of aliphatic hydroxyl groups is 3. The second kappa shape index (κ2) is 44.3. The Bertz CT molecular complexity index is 2510. The summed E-state index contributed by atoms with van der Waals surface area (Å²) in [5.74, 6) is 0.562. The molecule has 6 aromatic carbocycles. The molecule has 9 N–H and O–H groups in total. The Labute approximate surface area is 532 Å². The molecule has 0 bridgehead atoms. The van der Waals surface area contributed by atoms with E-state index in [0.29, 0.717) is 97.4 Å². The highest BCUT2D eigenvalue weighted by Gasteiger charge is 2.19. The lowest BCUT2D eigenvalue weighted by atomic mass is 10.1. The van der Waals surface area contributed by atoms with Crippen molar-refractivity contribution in [3.05, 3.63) is 197 Å². The zero-order valence-corrected chi connectivity index (χ0v) is 53.4. The number of rotatable bonds is 39. The Hall–Kier alpha value is -7.23. The molecule has 18 nitrogen and oxygen atoms in total. The Morgan fingerprint density at radius 2 is 0.556 bits per heavy atom. The molecule has 0 aliphatic heterocycles. The Kier molecular flexibility index (Phi) is 37.0. The van der Waals surface area contributed by atoms with Crippen LogP contribution < -0.4 is 16.0 Å². The van der Waals surface area contributed by atoms with Crippen LogP contribution >= 0.6 is 0 Å². The first kappa shape index (κ1) is 75.2. The molecule has 90 heavy (non-hydrogen) atoms. The van der Waals surface area contributed by atoms with Gasteiger partial charge in [-0.3, -0.25) is 14.4 Å². The van der Waals surface area contributed by atoms with Crippen LogP contribution in [-0.4, -0.2) is 163 Å². The van der Waals surface area contributed by atoms with Gasteiger partial charge in [0, 0.05) is 19.3 Å². The minimum Gasteiger partial charge on any atom is -0.508 e. The topological polar surface area (TPSA) is 264 Å². The second-order valence-corrected chi connectivity index (χ2v) is 23.0. The Morgan fingerprint density at radius 3 is 0.778 bits per heavy atom. The van der Waals surface area contributed by atoms with Crippen molar-refractivity contribution < 1.29 is 73.4 Å². The van der Waals surface area contributed by atoms with E-state index >= 15 is 0 Å². The van der Waals surface area contributed by atoms with Gasteiger partial charge < -0.3 is 75.0 Å². The molecule has 18 heteroatoms. The number of carbonyl (C=O) groups excluding carboxylic acids is 3. The van der Waals surface area contributed by atoms with Gasteiger partial charge in [0.05, 0.1) is 114 Å². The third-order valence-electron chi connectivity index (χ3n) is 13.7. The minimum absolute atomic E-state index is 0.0235. The van der Waals surface area contributed by atoms with Gasteiger partial charge in [-0.2, -0.15) is 0 Å². The predicted molar refractivity (Wildman–Crippen MR) is 349 cm³/mol. The normalized spacial score (nSPS) is 14.1. The van der Waals surface area contributed by atoms with E-state index in [-0.39, 0.29) is 91.2 Å². The quantitative estimate of drug-likeness (QED) is 0.0175. The fourth-order valence-corrected chi connectivity index (χ4v) is 9.00. The maximum Gasteiger partial charge on any atom is 0.220 e. The van der Waals surface area contributed by atoms with E-state index in [1.807, 2.05) is 148 Å². The average Bonchev–Trinajstić information content (AvgIpc) is 3.72. The first-order valence-electron chi connectivity index (χ1n) is 31.2. The van der Waals surface area contributed by atoms with Gasteiger partial charge in [0.15, 0.2) is 0 Å². The number of ether oxygens (including phenoxy) is 6. The molecule has 3 unspecified atom stereocenters. The van der Waals surface area contributed by atoms with E-state index in [4.69, 9.17) is 28.4 Å². The molecule has 9 atom stereocenters. The van der Waals surface area contributed by atoms with E-state index in [0.717, 1.165) is 33.4 Å². The molecule has 492 valence electrons. The molecule has 6 aromatic rings. The van der Waals surface area contributed by atoms with Gasteiger partial charge in [0.1, 0.15) is 17.2 Å². The number of aryl methyl sites for hydroxylation is 3. The van der Waals surface area contributed by atoms with E-state index in [1.165, 1.54) is 0 Å². The van der Waals surface area contributed by atoms with Gasteiger partial charge >= 0.3 is 0 Å². The highest BCUT2D eigenvalue weighted by Crippen LogP contribution is 2.16. The maximum atomic E-state index is 12.5. The number of aromatic hydroxyl groups is 3. The summed E-state index contributed by atoms with van der Waals surface area (Å²) in [5, 5.41) is 65.5. The van der Waals surface area contributed by atoms with Crippen LogP contribution in [0.15, 0.2) is 164 Å². The average molecular weight is 1250 g/mol. The van der Waals surface area contributed by atoms with E-state index in [1.54, 1.807) is 57.2 Å². The predicted octanol–water partition coefficient (Wildman–Crippen LogP) is 8.56. The van der Waals surface area contributed by atoms with Crippen LogP contribution in [0.2, 0.25) is 0 Å². The highest BCUT2D eigenvalue weighted by atomic mass is 16.5. The molecule has 0 heterocycles. The van der Waals surface area contributed by atoms with Gasteiger partial charge in [0.25, 0.3) is 0 Å². The van der Waals surface area contributed by atoms with E-state index in [9.17, 15) is 45.0 Å². The molecule has 0 fully saturated rings. The molecule has 0 spiro atoms. The van der Waals surface area contributed by atoms with Crippen molar-refractivity contribution in [2.45, 2.75) is 154 Å². The first-order chi connectivity index (χ1) is 43.3. The summed E-state index contributed by atoms with van der Waals surface area (Å²) in [6.07, 6.45) is 3.07. The van der Waals surface area contributed by atoms with Crippen molar-refractivity contribution in [3.8, 4) is 17.2 Å². The molecule has 6 rings (SSSR count). The van der Waals surface area contributed by atoms with Crippen molar-refractivity contribution in [1.82, 2.24) is 16.0 Å². The van der Waals surface area contributed by atoms with Crippen molar-refractivity contribution in [2.75, 3.05) is 59.5 Å². The molecule has 0 radical (unpaired) electrons. The SMILES string of the molecule is CC(COC[C@@H](Cc1ccc(O)cc1)NC(=O)CCc1ccccc1)OC[C@H](C)O.CC(O)CO[C@@H](C)COC[C@@H](Cc1ccc(O)cc1)NC(=O)CCc1ccccc1.CC(O)CO[C@H](C)COC[C@@H](Cc1ccc(O)cc1)NC(=O)CCc1ccccc1. The number of amides is 3. The monoisotopic (exact) mass is 1250 g/mol. The van der Waals surface area contributed by atoms with Gasteiger partial charge in [-0.15, -0.1) is 0 Å². The third-order valence-corrected chi connectivity index (χ3v) is 13.7. The summed E-state index contributed by atoms with van der Waals surface area (Å²) in [6, 6.07) is 50.0. The number of hydrogen-bond acceptors (Lipinski definition) is 15. The van der Waals surface area contributed by atoms with Crippen LogP contribution in [0.1, 0.15) is 94.2 Å². The molecular weight excluding hydrogens is 1150 g/mol. The second-order valence-electron chi connectivity index (χ2n) is 23.0. The van der Waals surface area contributed by atoms with Gasteiger partial charge in [-0.25, -0.2) is 0 Å². The molecule has 0 aliphatic carbocycles. The zero-order chi connectivity index (χ0) is 65.3. The molecule has 3 amide bonds. The van der Waals surface area contributed by atoms with Crippen LogP contribution in [0.3, 0.4) is 0 Å². The van der Waals surface area contributed by atoms with Gasteiger partial charge in [0.2, 0.25) is 17.7 Å². The van der Waals surface area contributed by atoms with Crippen LogP contribution in [0, 0.1) is 0 Å². The number of nitrogens with one attached hydrogen (secondary N) is 3. The number of hydrogen-bond donors (Lipinski definition) is 9. The largest absolute Gasteiger partial charge is 0.508 e. The molecule has 0 saturated heterocycles. The van der Waals surface area contributed by atoms with Crippen molar-refractivity contribution in [3.63, 3.8) is 0 Å². The van der Waals surface area contributed by atoms with E-state index < -0.39 is 18.3 Å². The lowest BCUT2D eigenvalue weighted by Crippen LogP contribution is -2.40. The van der Waals surface area contributed by atoms with Crippen LogP contribution in [0.25, 0.3) is 0 Å². The smallest absolute Gasteiger partial charge is 0.220 e. The van der Waals surface area contributed by atoms with E-state index in [2.05, 4.69) is 16.0 Å². The molecular formula is C72H99N3O15. The molecule has 0 aliphatic rings. The first-order valence-corrected chi connectivity index (χ1v) is 31.2. The third kappa shape index (κ3) is 36.4. The lowest BCUT2D eigenvalue weighted by Gasteiger charge is -2.21. The van der Waals surface area contributed by atoms with Gasteiger partial charge in [-0.1, -0.05) is 127 Å². The number of aliphatic hydroxyl groups excluding tert-OH is 3. The standard InChI is InChI=1S/3C24H33NO5/c3*1-18(26)15-30-19(2)16-29-17-22(14-21-8-11-23(27)12-9-21)25-24(28)13-10-20-6-4-3-5-7-20/h3*3-9,11-12,18-19,22,26-27H,10,13-17H2,1-2H3,(H,25,28)/t18?,19-,22+;18?,19-,22-;18-,19?,22+/m010/s1. The molecule has 0 aromatic heterocycles. The van der Waals surface area contributed by atoms with Crippen molar-refractivity contribution >= 4 is 17.7 Å². The van der Waals surface area contributed by atoms with Crippen molar-refractivity contribution in [2.24, 2.45) is 0 Å². The molecule has 0 saturated carbocycles. The highest BCUT2D eigenvalue weighted by molar-refractivity contribution is 5.77. The maximum absolute atomic E-state index is 12.5. The van der Waals surface area contributed by atoms with Gasteiger partial charge in [-0.05, 0) is 150 Å². The summed E-state index contributed by atoms with van der Waals surface area (Å²) in [4.78, 5) is 37.5.